The number of benzene rings is 4. The van der Waals surface area contributed by atoms with Crippen LogP contribution in [0.1, 0.15) is 52.4 Å². The summed E-state index contributed by atoms with van der Waals surface area (Å²) in [6, 6.07) is 29.2. The zero-order valence-corrected chi connectivity index (χ0v) is 36.8. The van der Waals surface area contributed by atoms with E-state index in [-0.39, 0.29) is 63.8 Å². The Labute approximate surface area is 387 Å². The van der Waals surface area contributed by atoms with Gasteiger partial charge in [-0.1, -0.05) is 84.6 Å². The minimum absolute atomic E-state index is 0.0273. The number of piperazine rings is 1. The Morgan fingerprint density at radius 2 is 1.51 bits per heavy atom. The first-order chi connectivity index (χ1) is 32.8. The molecule has 5 heterocycles. The van der Waals surface area contributed by atoms with Gasteiger partial charge in [-0.2, -0.15) is 0 Å². The Hall–Kier alpha value is -7.16. The zero-order valence-electron chi connectivity index (χ0n) is 36.8. The predicted octanol–water partition coefficient (Wildman–Crippen LogP) is 4.38. The van der Waals surface area contributed by atoms with Crippen molar-refractivity contribution in [2.45, 2.75) is 36.1 Å². The summed E-state index contributed by atoms with van der Waals surface area (Å²) < 4.78 is 23.5. The topological polar surface area (TPSA) is 184 Å². The summed E-state index contributed by atoms with van der Waals surface area (Å²) in [4.78, 5) is 78.0. The van der Waals surface area contributed by atoms with Crippen molar-refractivity contribution in [3.63, 3.8) is 0 Å². The molecule has 4 aromatic carbocycles. The first-order valence-electron chi connectivity index (χ1n) is 22.3. The van der Waals surface area contributed by atoms with Crippen molar-refractivity contribution in [2.75, 3.05) is 76.1 Å². The molecule has 3 amide bonds. The van der Waals surface area contributed by atoms with Crippen molar-refractivity contribution >= 4 is 35.5 Å². The van der Waals surface area contributed by atoms with Crippen molar-refractivity contribution in [3.8, 4) is 17.6 Å². The van der Waals surface area contributed by atoms with E-state index in [2.05, 4.69) is 21.8 Å². The van der Waals surface area contributed by atoms with Crippen molar-refractivity contribution in [1.29, 1.82) is 0 Å². The minimum atomic E-state index is -2.04. The molecular weight excluding hydrogens is 857 g/mol. The Balaban J connectivity index is 1.33. The number of hydrogen-bond acceptors (Lipinski definition) is 14. The number of aliphatic hydroxyl groups is 2. The van der Waals surface area contributed by atoms with Gasteiger partial charge in [0.05, 0.1) is 43.5 Å². The number of morpholine rings is 1. The molecule has 67 heavy (non-hydrogen) atoms. The van der Waals surface area contributed by atoms with E-state index in [1.807, 2.05) is 76.5 Å². The number of carbonyl (C=O) groups is 4. The number of cyclic esters (lactones) is 1. The maximum Gasteiger partial charge on any atom is 0.421 e. The highest BCUT2D eigenvalue weighted by Gasteiger charge is 2.76. The van der Waals surface area contributed by atoms with Gasteiger partial charge in [-0.05, 0) is 58.7 Å². The maximum atomic E-state index is 16.4. The molecule has 1 spiro atoms. The first-order valence-corrected chi connectivity index (χ1v) is 22.3. The maximum absolute atomic E-state index is 16.4. The van der Waals surface area contributed by atoms with Crippen LogP contribution in [0.2, 0.25) is 0 Å². The molecule has 4 aliphatic rings. The van der Waals surface area contributed by atoms with Crippen molar-refractivity contribution in [3.05, 3.63) is 149 Å². The highest BCUT2D eigenvalue weighted by molar-refractivity contribution is 6.23. The number of nitrogens with zero attached hydrogens (tertiary/aromatic N) is 6. The van der Waals surface area contributed by atoms with E-state index in [1.54, 1.807) is 59.8 Å². The molecule has 3 saturated heterocycles. The van der Waals surface area contributed by atoms with Crippen molar-refractivity contribution < 1.29 is 48.3 Å². The molecule has 6 atom stereocenters. The van der Waals surface area contributed by atoms with E-state index in [9.17, 15) is 15.0 Å². The SMILES string of the molecule is COCCOC(=O)N1C(=O)C2(c3cc(C#CCCO)ccc31)C(C(=O)N1CCN(c3ncccn3)CC1)C1C(=O)OC(c3ccccc3)C(c3ccccc3)N1C2c1cccc(OCCO)c1. The highest BCUT2D eigenvalue weighted by atomic mass is 16.6. The number of imide groups is 1. The van der Waals surface area contributed by atoms with Gasteiger partial charge >= 0.3 is 12.1 Å². The third-order valence-electron chi connectivity index (χ3n) is 12.9. The summed E-state index contributed by atoms with van der Waals surface area (Å²) in [6.07, 6.45) is 1.56. The van der Waals surface area contributed by atoms with Crippen molar-refractivity contribution in [2.24, 2.45) is 5.92 Å². The van der Waals surface area contributed by atoms with Crippen LogP contribution in [0, 0.1) is 17.8 Å². The number of anilines is 2. The Bertz CT molecular complexity index is 2660. The Morgan fingerprint density at radius 1 is 0.791 bits per heavy atom. The molecule has 16 heteroatoms. The molecule has 1 aromatic heterocycles. The van der Waals surface area contributed by atoms with Crippen LogP contribution in [0.25, 0.3) is 0 Å². The van der Waals surface area contributed by atoms with Crippen LogP contribution in [0.4, 0.5) is 16.4 Å². The predicted molar refractivity (Wildman–Crippen MR) is 244 cm³/mol. The molecule has 16 nitrogen and oxygen atoms in total. The van der Waals surface area contributed by atoms with Gasteiger partial charge in [0.2, 0.25) is 17.8 Å². The van der Waals surface area contributed by atoms with E-state index in [0.717, 1.165) is 10.5 Å². The lowest BCUT2D eigenvalue weighted by Gasteiger charge is -2.46. The third kappa shape index (κ3) is 8.25. The molecule has 0 aliphatic carbocycles. The standard InChI is InChI=1S/C51H50N6O10/c1-64-30-31-66-50(63)56-40-20-19-34(12-8-9-27-58)32-39(40)51(48(56)62)41(46(60)54-23-25-55(26-24-54)49-52-21-11-22-53-49)43-47(61)67-44(36-15-6-3-7-16-36)42(35-13-4-2-5-14-35)57(43)45(51)37-17-10-18-38(33-37)65-29-28-59/h2-7,10-11,13-22,32-33,41-45,58-59H,9,23-31H2,1H3. The van der Waals surface area contributed by atoms with Gasteiger partial charge in [-0.15, -0.1) is 0 Å². The lowest BCUT2D eigenvalue weighted by atomic mass is 9.64. The average molecular weight is 907 g/mol. The molecule has 4 aliphatic heterocycles. The summed E-state index contributed by atoms with van der Waals surface area (Å²) in [5.74, 6) is 3.44. The number of fused-ring (bicyclic) bond motifs is 3. The molecule has 9 rings (SSSR count). The average Bonchev–Trinajstić information content (AvgIpc) is 3.82. The van der Waals surface area contributed by atoms with Gasteiger partial charge in [-0.3, -0.25) is 19.3 Å². The van der Waals surface area contributed by atoms with Gasteiger partial charge in [0.25, 0.3) is 0 Å². The van der Waals surface area contributed by atoms with E-state index < -0.39 is 59.4 Å². The van der Waals surface area contributed by atoms with E-state index >= 15 is 14.4 Å². The summed E-state index contributed by atoms with van der Waals surface area (Å²) in [5.41, 5.74) is 0.775. The number of carbonyl (C=O) groups excluding carboxylic acids is 4. The fourth-order valence-electron chi connectivity index (χ4n) is 10.2. The van der Waals surface area contributed by atoms with Crippen LogP contribution in [-0.2, 0) is 34.0 Å². The number of ether oxygens (including phenoxy) is 4. The van der Waals surface area contributed by atoms with E-state index in [4.69, 9.17) is 18.9 Å². The summed E-state index contributed by atoms with van der Waals surface area (Å²) >= 11 is 0. The molecule has 5 aromatic rings. The van der Waals surface area contributed by atoms with Crippen LogP contribution in [0.15, 0.2) is 122 Å². The molecule has 0 radical (unpaired) electrons. The molecule has 3 fully saturated rings. The summed E-state index contributed by atoms with van der Waals surface area (Å²) in [5, 5.41) is 19.5. The van der Waals surface area contributed by atoms with Crippen LogP contribution in [0.5, 0.6) is 5.75 Å². The van der Waals surface area contributed by atoms with Crippen molar-refractivity contribution in [1.82, 2.24) is 19.8 Å². The highest BCUT2D eigenvalue weighted by Crippen LogP contribution is 2.66. The first kappa shape index (κ1) is 45.0. The van der Waals surface area contributed by atoms with Gasteiger partial charge in [-0.25, -0.2) is 19.7 Å². The summed E-state index contributed by atoms with van der Waals surface area (Å²) in [7, 11) is 1.46. The largest absolute Gasteiger partial charge is 0.491 e. The fourth-order valence-corrected chi connectivity index (χ4v) is 10.2. The van der Waals surface area contributed by atoms with Gasteiger partial charge in [0, 0.05) is 57.7 Å². The van der Waals surface area contributed by atoms with E-state index in [1.165, 1.54) is 7.11 Å². The number of amides is 3. The number of aromatic nitrogens is 2. The van der Waals surface area contributed by atoms with E-state index in [0.29, 0.717) is 41.5 Å². The monoisotopic (exact) mass is 906 g/mol. The molecule has 0 bridgehead atoms. The fraction of sp³-hybridized carbons (Fsp3) is 0.333. The van der Waals surface area contributed by atoms with Crippen LogP contribution < -0.4 is 14.5 Å². The normalized spacial score (nSPS) is 23.3. The van der Waals surface area contributed by atoms with Gasteiger partial charge in [0.1, 0.15) is 36.5 Å². The lowest BCUT2D eigenvalue weighted by molar-refractivity contribution is -0.179. The third-order valence-corrected chi connectivity index (χ3v) is 12.9. The number of aliphatic hydroxyl groups excluding tert-OH is 2. The second kappa shape index (κ2) is 19.7. The minimum Gasteiger partial charge on any atom is -0.491 e. The molecular formula is C51H50N6O10. The lowest BCUT2D eigenvalue weighted by Crippen LogP contribution is -2.59. The number of hydrogen-bond donors (Lipinski definition) is 2. The second-order valence-corrected chi connectivity index (χ2v) is 16.5. The number of rotatable bonds is 12. The number of methoxy groups -OCH3 is 1. The van der Waals surface area contributed by atoms with Crippen LogP contribution in [0.3, 0.4) is 0 Å². The number of esters is 1. The Kier molecular flexibility index (Phi) is 13.3. The Morgan fingerprint density at radius 3 is 2.21 bits per heavy atom. The quantitative estimate of drug-likeness (QED) is 0.102. The van der Waals surface area contributed by atoms with Crippen LogP contribution >= 0.6 is 0 Å². The van der Waals surface area contributed by atoms with Gasteiger partial charge in [0.15, 0.2) is 0 Å². The molecule has 2 N–H and O–H groups in total. The van der Waals surface area contributed by atoms with Crippen LogP contribution in [-0.4, -0.2) is 126 Å². The summed E-state index contributed by atoms with van der Waals surface area (Å²) in [6.45, 7) is 0.525. The molecule has 6 unspecified atom stereocenters. The molecule has 0 saturated carbocycles. The smallest absolute Gasteiger partial charge is 0.421 e. The van der Waals surface area contributed by atoms with Gasteiger partial charge < -0.3 is 39.0 Å². The zero-order chi connectivity index (χ0) is 46.5. The molecule has 344 valence electrons. The second-order valence-electron chi connectivity index (χ2n) is 16.5.